The summed E-state index contributed by atoms with van der Waals surface area (Å²) >= 11 is 0. The number of aliphatic hydroxyl groups excluding tert-OH is 1. The van der Waals surface area contributed by atoms with Crippen LogP contribution in [0.25, 0.3) is 0 Å². The maximum atomic E-state index is 12.2. The Morgan fingerprint density at radius 3 is 2.36 bits per heavy atom. The molecule has 0 aromatic heterocycles. The van der Waals surface area contributed by atoms with Gasteiger partial charge in [-0.1, -0.05) is 25.3 Å². The molecule has 4 heteroatoms. The number of carbonyl (C=O) groups excluding carboxylic acids is 1. The Morgan fingerprint density at radius 1 is 1.14 bits per heavy atom. The summed E-state index contributed by atoms with van der Waals surface area (Å²) in [5.74, 6) is 0.276. The standard InChI is InChI=1S/C18H37N2O2/c1-5-7-8-9-10-11-12-13-18(22)19(6-2)14-15-20(3,4)16-17-21/h5,21H,1,6-17H2,2-4H3/q+1. The molecule has 0 aliphatic rings. The number of nitrogens with zero attached hydrogens (tertiary/aromatic N) is 2. The quantitative estimate of drug-likeness (QED) is 0.304. The average molecular weight is 314 g/mol. The van der Waals surface area contributed by atoms with Crippen molar-refractivity contribution in [3.63, 3.8) is 0 Å². The van der Waals surface area contributed by atoms with Gasteiger partial charge in [0, 0.05) is 13.0 Å². The van der Waals surface area contributed by atoms with Crippen LogP contribution in [0.5, 0.6) is 0 Å². The van der Waals surface area contributed by atoms with Gasteiger partial charge >= 0.3 is 0 Å². The zero-order chi connectivity index (χ0) is 16.8. The lowest BCUT2D eigenvalue weighted by molar-refractivity contribution is -0.890. The number of carbonyl (C=O) groups is 1. The molecule has 0 saturated heterocycles. The van der Waals surface area contributed by atoms with E-state index in [0.717, 1.165) is 49.9 Å². The largest absolute Gasteiger partial charge is 0.391 e. The number of allylic oxidation sites excluding steroid dienone is 1. The lowest BCUT2D eigenvalue weighted by Gasteiger charge is -2.32. The number of likely N-dealkylation sites (N-methyl/N-ethyl adjacent to an activating group) is 2. The summed E-state index contributed by atoms with van der Waals surface area (Å²) in [6.45, 7) is 9.14. The molecule has 0 aromatic carbocycles. The van der Waals surface area contributed by atoms with E-state index in [9.17, 15) is 4.79 Å². The van der Waals surface area contributed by atoms with Crippen LogP contribution >= 0.6 is 0 Å². The first kappa shape index (κ1) is 21.1. The normalized spacial score (nSPS) is 11.5. The molecule has 0 saturated carbocycles. The van der Waals surface area contributed by atoms with Crippen LogP contribution in [0, 0.1) is 0 Å². The molecule has 0 fully saturated rings. The number of hydrogen-bond acceptors (Lipinski definition) is 2. The number of amides is 1. The minimum atomic E-state index is 0.193. The first-order valence-electron chi connectivity index (χ1n) is 8.78. The van der Waals surface area contributed by atoms with Crippen molar-refractivity contribution in [3.05, 3.63) is 12.7 Å². The summed E-state index contributed by atoms with van der Waals surface area (Å²) in [4.78, 5) is 14.2. The number of aliphatic hydroxyl groups is 1. The summed E-state index contributed by atoms with van der Waals surface area (Å²) in [5, 5.41) is 9.05. The molecule has 1 amide bonds. The Hall–Kier alpha value is -0.870. The predicted molar refractivity (Wildman–Crippen MR) is 93.7 cm³/mol. The van der Waals surface area contributed by atoms with E-state index in [0.29, 0.717) is 6.42 Å². The fourth-order valence-corrected chi connectivity index (χ4v) is 2.49. The molecule has 0 aromatic rings. The van der Waals surface area contributed by atoms with E-state index in [1.54, 1.807) is 0 Å². The van der Waals surface area contributed by atoms with Crippen molar-refractivity contribution >= 4 is 5.91 Å². The van der Waals surface area contributed by atoms with Gasteiger partial charge in [-0.2, -0.15) is 0 Å². The molecule has 0 atom stereocenters. The van der Waals surface area contributed by atoms with Crippen molar-refractivity contribution in [2.45, 2.75) is 51.9 Å². The molecule has 1 N–H and O–H groups in total. The third kappa shape index (κ3) is 10.8. The van der Waals surface area contributed by atoms with Gasteiger partial charge < -0.3 is 14.5 Å². The Labute approximate surface area is 137 Å². The van der Waals surface area contributed by atoms with Crippen LogP contribution in [0.4, 0.5) is 0 Å². The Balaban J connectivity index is 3.88. The molecule has 4 nitrogen and oxygen atoms in total. The highest BCUT2D eigenvalue weighted by molar-refractivity contribution is 5.76. The van der Waals surface area contributed by atoms with Crippen LogP contribution in [0.3, 0.4) is 0 Å². The minimum absolute atomic E-state index is 0.193. The molecule has 0 aliphatic heterocycles. The first-order valence-corrected chi connectivity index (χ1v) is 8.78. The van der Waals surface area contributed by atoms with Crippen molar-refractivity contribution in [2.24, 2.45) is 0 Å². The molecule has 0 unspecified atom stereocenters. The van der Waals surface area contributed by atoms with Gasteiger partial charge in [0.1, 0.15) is 6.54 Å². The maximum absolute atomic E-state index is 12.2. The minimum Gasteiger partial charge on any atom is -0.391 e. The monoisotopic (exact) mass is 313 g/mol. The number of rotatable bonds is 14. The molecular formula is C18H37N2O2+. The van der Waals surface area contributed by atoms with Crippen LogP contribution in [0.1, 0.15) is 51.9 Å². The fourth-order valence-electron chi connectivity index (χ4n) is 2.49. The van der Waals surface area contributed by atoms with Crippen molar-refractivity contribution < 1.29 is 14.4 Å². The van der Waals surface area contributed by atoms with Gasteiger partial charge in [-0.15, -0.1) is 6.58 Å². The maximum Gasteiger partial charge on any atom is 0.222 e. The molecule has 0 bridgehead atoms. The Bertz CT molecular complexity index is 303. The molecule has 0 spiro atoms. The van der Waals surface area contributed by atoms with E-state index in [2.05, 4.69) is 20.7 Å². The van der Waals surface area contributed by atoms with Gasteiger partial charge in [0.25, 0.3) is 0 Å². The summed E-state index contributed by atoms with van der Waals surface area (Å²) in [7, 11) is 4.19. The van der Waals surface area contributed by atoms with E-state index < -0.39 is 0 Å². The lowest BCUT2D eigenvalue weighted by Crippen LogP contribution is -2.48. The number of quaternary nitrogens is 1. The van der Waals surface area contributed by atoms with Gasteiger partial charge in [0.05, 0.1) is 33.8 Å². The summed E-state index contributed by atoms with van der Waals surface area (Å²) in [6.07, 6.45) is 9.56. The van der Waals surface area contributed by atoms with E-state index >= 15 is 0 Å². The number of unbranched alkanes of at least 4 members (excludes halogenated alkanes) is 5. The highest BCUT2D eigenvalue weighted by atomic mass is 16.3. The van der Waals surface area contributed by atoms with E-state index in [1.807, 2.05) is 17.9 Å². The lowest BCUT2D eigenvalue weighted by atomic mass is 10.1. The molecule has 0 radical (unpaired) electrons. The van der Waals surface area contributed by atoms with Crippen LogP contribution in [-0.2, 0) is 4.79 Å². The van der Waals surface area contributed by atoms with Gasteiger partial charge in [0.15, 0.2) is 0 Å². The molecule has 0 rings (SSSR count). The molecular weight excluding hydrogens is 276 g/mol. The smallest absolute Gasteiger partial charge is 0.222 e. The predicted octanol–water partition coefficient (Wildman–Crippen LogP) is 2.82. The highest BCUT2D eigenvalue weighted by Gasteiger charge is 2.18. The summed E-state index contributed by atoms with van der Waals surface area (Å²) < 4.78 is 0.754. The highest BCUT2D eigenvalue weighted by Crippen LogP contribution is 2.09. The molecule has 130 valence electrons. The van der Waals surface area contributed by atoms with Crippen molar-refractivity contribution in [1.29, 1.82) is 0 Å². The van der Waals surface area contributed by atoms with Gasteiger partial charge in [-0.05, 0) is 26.2 Å². The third-order valence-corrected chi connectivity index (χ3v) is 4.21. The number of hydrogen-bond donors (Lipinski definition) is 1. The van der Waals surface area contributed by atoms with Gasteiger partial charge in [-0.3, -0.25) is 4.79 Å². The van der Waals surface area contributed by atoms with Crippen molar-refractivity contribution in [1.82, 2.24) is 4.90 Å². The SMILES string of the molecule is C=CCCCCCCCC(=O)N(CC)CC[N+](C)(C)CCO. The van der Waals surface area contributed by atoms with Crippen LogP contribution in [0.15, 0.2) is 12.7 Å². The average Bonchev–Trinajstić information content (AvgIpc) is 2.46. The van der Waals surface area contributed by atoms with Crippen molar-refractivity contribution in [3.8, 4) is 0 Å². The van der Waals surface area contributed by atoms with E-state index in [-0.39, 0.29) is 12.5 Å². The van der Waals surface area contributed by atoms with Gasteiger partial charge in [-0.25, -0.2) is 0 Å². The molecule has 0 aliphatic carbocycles. The summed E-state index contributed by atoms with van der Waals surface area (Å²) in [6, 6.07) is 0. The second kappa shape index (κ2) is 12.7. The fraction of sp³-hybridized carbons (Fsp3) is 0.833. The second-order valence-corrected chi connectivity index (χ2v) is 6.68. The zero-order valence-electron chi connectivity index (χ0n) is 15.0. The van der Waals surface area contributed by atoms with Crippen LogP contribution in [0.2, 0.25) is 0 Å². The second-order valence-electron chi connectivity index (χ2n) is 6.68. The topological polar surface area (TPSA) is 40.5 Å². The van der Waals surface area contributed by atoms with E-state index in [1.165, 1.54) is 19.3 Å². The van der Waals surface area contributed by atoms with Crippen molar-refractivity contribution in [2.75, 3.05) is 46.9 Å². The van der Waals surface area contributed by atoms with Crippen LogP contribution in [-0.4, -0.2) is 67.3 Å². The Kier molecular flexibility index (Phi) is 12.2. The first-order chi connectivity index (χ1) is 10.5. The van der Waals surface area contributed by atoms with Crippen LogP contribution < -0.4 is 0 Å². The van der Waals surface area contributed by atoms with Gasteiger partial charge in [0.2, 0.25) is 5.91 Å². The zero-order valence-corrected chi connectivity index (χ0v) is 15.0. The molecule has 22 heavy (non-hydrogen) atoms. The third-order valence-electron chi connectivity index (χ3n) is 4.21. The molecule has 0 heterocycles. The Morgan fingerprint density at radius 2 is 1.77 bits per heavy atom. The van der Waals surface area contributed by atoms with E-state index in [4.69, 9.17) is 5.11 Å². The summed E-state index contributed by atoms with van der Waals surface area (Å²) in [5.41, 5.74) is 0.